The monoisotopic (exact) mass is 410 g/mol. The maximum absolute atomic E-state index is 13.1. The number of aryl methyl sites for hydroxylation is 1. The third-order valence-corrected chi connectivity index (χ3v) is 7.18. The Morgan fingerprint density at radius 1 is 1.29 bits per heavy atom. The van der Waals surface area contributed by atoms with Crippen LogP contribution in [-0.4, -0.2) is 37.5 Å². The molecule has 2 saturated heterocycles. The van der Waals surface area contributed by atoms with Gasteiger partial charge in [-0.05, 0) is 86.3 Å². The number of fused-ring (bicyclic) bond motifs is 2. The van der Waals surface area contributed by atoms with Crippen molar-refractivity contribution in [1.82, 2.24) is 9.62 Å². The Hall–Kier alpha value is -1.18. The second-order valence-electron chi connectivity index (χ2n) is 10.1. The lowest BCUT2D eigenvalue weighted by molar-refractivity contribution is 0.00291. The second-order valence-corrected chi connectivity index (χ2v) is 12.1. The third kappa shape index (κ3) is 4.07. The van der Waals surface area contributed by atoms with Gasteiger partial charge in [0.25, 0.3) is 0 Å². The van der Waals surface area contributed by atoms with Crippen LogP contribution in [0.2, 0.25) is 0 Å². The van der Waals surface area contributed by atoms with Crippen molar-refractivity contribution in [3.8, 4) is 0 Å². The highest BCUT2D eigenvalue weighted by Gasteiger charge is 2.61. The van der Waals surface area contributed by atoms with Crippen LogP contribution in [0.1, 0.15) is 84.8 Å². The topological polar surface area (TPSA) is 77.8 Å². The summed E-state index contributed by atoms with van der Waals surface area (Å²) in [5.74, 6) is 1.53. The average Bonchev–Trinajstić information content (AvgIpc) is 3.23. The lowest BCUT2D eigenvalue weighted by Gasteiger charge is -2.41. The molecule has 1 amide bonds. The Kier molecular flexibility index (Phi) is 5.58. The molecule has 1 aromatic heterocycles. The van der Waals surface area contributed by atoms with E-state index in [0.29, 0.717) is 0 Å². The molecular formula is C21H34N2O4S. The Morgan fingerprint density at radius 2 is 1.89 bits per heavy atom. The lowest BCUT2D eigenvalue weighted by atomic mass is 9.81. The molecule has 0 radical (unpaired) electrons. The van der Waals surface area contributed by atoms with Crippen molar-refractivity contribution in [1.29, 1.82) is 0 Å². The van der Waals surface area contributed by atoms with Gasteiger partial charge in [-0.3, -0.25) is 4.90 Å². The third-order valence-electron chi connectivity index (χ3n) is 5.62. The van der Waals surface area contributed by atoms with Crippen LogP contribution >= 0.6 is 0 Å². The van der Waals surface area contributed by atoms with Gasteiger partial charge in [-0.1, -0.05) is 0 Å². The minimum absolute atomic E-state index is 0.165. The Labute approximate surface area is 171 Å². The molecule has 0 saturated carbocycles. The van der Waals surface area contributed by atoms with Crippen LogP contribution in [0, 0.1) is 6.92 Å². The summed E-state index contributed by atoms with van der Waals surface area (Å²) in [6, 6.07) is 3.67. The molecule has 3 heterocycles. The molecular weight excluding hydrogens is 376 g/mol. The average molecular weight is 411 g/mol. The van der Waals surface area contributed by atoms with Gasteiger partial charge in [-0.25, -0.2) is 4.79 Å². The molecule has 1 N–H and O–H groups in total. The van der Waals surface area contributed by atoms with Crippen molar-refractivity contribution in [3.63, 3.8) is 0 Å². The summed E-state index contributed by atoms with van der Waals surface area (Å²) in [7, 11) is 0. The Balaban J connectivity index is 1.98. The van der Waals surface area contributed by atoms with E-state index in [4.69, 9.17) is 9.15 Å². The van der Waals surface area contributed by atoms with Gasteiger partial charge in [0.1, 0.15) is 27.9 Å². The predicted octanol–water partition coefficient (Wildman–Crippen LogP) is 4.61. The second kappa shape index (κ2) is 7.26. The van der Waals surface area contributed by atoms with Gasteiger partial charge < -0.3 is 13.7 Å². The normalized spacial score (nSPS) is 27.1. The van der Waals surface area contributed by atoms with E-state index in [2.05, 4.69) is 4.72 Å². The molecule has 28 heavy (non-hydrogen) atoms. The summed E-state index contributed by atoms with van der Waals surface area (Å²) in [6.07, 6.45) is 3.26. The molecule has 7 heteroatoms. The number of rotatable bonds is 4. The van der Waals surface area contributed by atoms with Crippen molar-refractivity contribution in [2.24, 2.45) is 0 Å². The molecule has 6 nitrogen and oxygen atoms in total. The number of carbonyl (C=O) groups is 1. The molecule has 2 aliphatic rings. The summed E-state index contributed by atoms with van der Waals surface area (Å²) in [5, 5.41) is 0. The van der Waals surface area contributed by atoms with Crippen LogP contribution in [0.4, 0.5) is 4.79 Å². The molecule has 0 spiro atoms. The lowest BCUT2D eigenvalue weighted by Crippen LogP contribution is -2.56. The predicted molar refractivity (Wildman–Crippen MR) is 110 cm³/mol. The summed E-state index contributed by atoms with van der Waals surface area (Å²) in [4.78, 5) is 15.0. The minimum atomic E-state index is -1.30. The fraction of sp³-hybridized carbons (Fsp3) is 0.762. The smallest absolute Gasteiger partial charge is 0.411 e. The van der Waals surface area contributed by atoms with Crippen LogP contribution in [0.5, 0.6) is 0 Å². The van der Waals surface area contributed by atoms with Gasteiger partial charge in [0, 0.05) is 17.4 Å². The number of nitrogens with zero attached hydrogens (tertiary/aromatic N) is 1. The standard InChI is InChI=1S/C21H34N2O4S/c1-14-8-9-16(26-14)17(22-28(25)20(5,6)7)21-12-10-15(11-13-21)23(21)18(24)27-19(2,3)4/h8-9,15,17,22H,10-13H2,1-7H3. The maximum atomic E-state index is 13.1. The highest BCUT2D eigenvalue weighted by Crippen LogP contribution is 2.53. The van der Waals surface area contributed by atoms with Gasteiger partial charge in [-0.2, -0.15) is 0 Å². The largest absolute Gasteiger partial charge is 0.598 e. The van der Waals surface area contributed by atoms with E-state index in [1.165, 1.54) is 0 Å². The van der Waals surface area contributed by atoms with Crippen LogP contribution in [-0.2, 0) is 16.1 Å². The molecule has 158 valence electrons. The zero-order valence-electron chi connectivity index (χ0n) is 18.1. The molecule has 2 bridgehead atoms. The molecule has 1 aromatic rings. The van der Waals surface area contributed by atoms with E-state index in [9.17, 15) is 9.35 Å². The van der Waals surface area contributed by atoms with Gasteiger partial charge >= 0.3 is 6.09 Å². The molecule has 2 fully saturated rings. The number of nitrogens with one attached hydrogen (secondary N) is 1. The van der Waals surface area contributed by atoms with Gasteiger partial charge in [0.2, 0.25) is 0 Å². The van der Waals surface area contributed by atoms with E-state index in [-0.39, 0.29) is 18.2 Å². The van der Waals surface area contributed by atoms with Crippen LogP contribution in [0.15, 0.2) is 16.5 Å². The molecule has 0 aliphatic carbocycles. The first kappa shape index (κ1) is 21.5. The van der Waals surface area contributed by atoms with E-state index in [1.54, 1.807) is 0 Å². The van der Waals surface area contributed by atoms with Crippen molar-refractivity contribution in [3.05, 3.63) is 23.7 Å². The van der Waals surface area contributed by atoms with Crippen molar-refractivity contribution >= 4 is 17.5 Å². The van der Waals surface area contributed by atoms with E-state index in [1.807, 2.05) is 65.5 Å². The molecule has 2 unspecified atom stereocenters. The minimum Gasteiger partial charge on any atom is -0.598 e. The number of hydrogen-bond acceptors (Lipinski definition) is 5. The first-order chi connectivity index (χ1) is 12.8. The summed E-state index contributed by atoms with van der Waals surface area (Å²) in [5.41, 5.74) is -1.04. The number of ether oxygens (including phenoxy) is 1. The van der Waals surface area contributed by atoms with E-state index >= 15 is 0 Å². The molecule has 3 rings (SSSR count). The summed E-state index contributed by atoms with van der Waals surface area (Å²) < 4.78 is 27.6. The molecule has 0 aromatic carbocycles. The zero-order chi connectivity index (χ0) is 20.9. The summed E-state index contributed by atoms with van der Waals surface area (Å²) >= 11 is -1.30. The molecule has 2 atom stereocenters. The van der Waals surface area contributed by atoms with Crippen LogP contribution in [0.25, 0.3) is 0 Å². The van der Waals surface area contributed by atoms with E-state index < -0.39 is 27.2 Å². The number of carbonyl (C=O) groups excluding carboxylic acids is 1. The first-order valence-electron chi connectivity index (χ1n) is 10.1. The van der Waals surface area contributed by atoms with Gasteiger partial charge in [0.15, 0.2) is 0 Å². The number of amides is 1. The first-order valence-corrected chi connectivity index (χ1v) is 11.3. The Morgan fingerprint density at radius 3 is 2.36 bits per heavy atom. The highest BCUT2D eigenvalue weighted by atomic mass is 32.2. The van der Waals surface area contributed by atoms with Gasteiger partial charge in [-0.15, -0.1) is 4.72 Å². The summed E-state index contributed by atoms with van der Waals surface area (Å²) in [6.45, 7) is 13.4. The fourth-order valence-electron chi connectivity index (χ4n) is 4.36. The zero-order valence-corrected chi connectivity index (χ0v) is 18.9. The van der Waals surface area contributed by atoms with Crippen LogP contribution < -0.4 is 4.72 Å². The number of hydrogen-bond donors (Lipinski definition) is 1. The maximum Gasteiger partial charge on any atom is 0.411 e. The highest BCUT2D eigenvalue weighted by molar-refractivity contribution is 7.90. The quantitative estimate of drug-likeness (QED) is 0.733. The Bertz CT molecular complexity index is 711. The van der Waals surface area contributed by atoms with Crippen molar-refractivity contribution in [2.45, 2.75) is 102 Å². The number of furan rings is 1. The molecule has 2 aliphatic heterocycles. The van der Waals surface area contributed by atoms with Crippen LogP contribution in [0.3, 0.4) is 0 Å². The van der Waals surface area contributed by atoms with Crippen molar-refractivity contribution < 1.29 is 18.5 Å². The SMILES string of the molecule is Cc1ccc(C(N[S+]([O-])C(C)(C)C)C23CCC(CC2)N3C(=O)OC(C)(C)C)o1. The van der Waals surface area contributed by atoms with E-state index in [0.717, 1.165) is 37.2 Å². The van der Waals surface area contributed by atoms with Gasteiger partial charge in [0.05, 0.1) is 5.54 Å². The fourth-order valence-corrected chi connectivity index (χ4v) is 5.26. The van der Waals surface area contributed by atoms with Crippen molar-refractivity contribution in [2.75, 3.05) is 0 Å².